The molecule has 4 rings (SSSR count). The molecule has 0 aliphatic carbocycles. The number of hydrogen-bond acceptors (Lipinski definition) is 6. The maximum absolute atomic E-state index is 14.4. The number of carbonyl (C=O) groups is 1. The van der Waals surface area contributed by atoms with Crippen molar-refractivity contribution < 1.29 is 23.4 Å². The number of fused-ring (bicyclic) bond motifs is 1. The average molecular weight is 495 g/mol. The minimum atomic E-state index is -0.421. The van der Waals surface area contributed by atoms with Crippen molar-refractivity contribution in [2.75, 3.05) is 24.7 Å². The summed E-state index contributed by atoms with van der Waals surface area (Å²) >= 11 is 1.27. The second kappa shape index (κ2) is 11.2. The van der Waals surface area contributed by atoms with E-state index < -0.39 is 5.82 Å². The van der Waals surface area contributed by atoms with Crippen LogP contribution in [-0.4, -0.2) is 30.7 Å². The number of benzene rings is 3. The first-order valence-electron chi connectivity index (χ1n) is 11.5. The summed E-state index contributed by atoms with van der Waals surface area (Å²) in [5, 5.41) is 0.406. The van der Waals surface area contributed by atoms with Crippen molar-refractivity contribution in [1.82, 2.24) is 4.98 Å². The molecule has 0 aliphatic heterocycles. The molecule has 0 fully saturated rings. The first-order chi connectivity index (χ1) is 17.0. The van der Waals surface area contributed by atoms with Crippen LogP contribution >= 0.6 is 11.3 Å². The van der Waals surface area contributed by atoms with Gasteiger partial charge in [-0.2, -0.15) is 0 Å². The fourth-order valence-electron chi connectivity index (χ4n) is 3.68. The van der Waals surface area contributed by atoms with Gasteiger partial charge in [0.1, 0.15) is 11.3 Å². The summed E-state index contributed by atoms with van der Waals surface area (Å²) < 4.78 is 32.4. The summed E-state index contributed by atoms with van der Waals surface area (Å²) in [6, 6.07) is 17.7. The van der Waals surface area contributed by atoms with Crippen molar-refractivity contribution in [3.05, 3.63) is 77.6 Å². The Balaban J connectivity index is 1.82. The van der Waals surface area contributed by atoms with Crippen LogP contribution in [0, 0.1) is 5.82 Å². The van der Waals surface area contributed by atoms with Crippen molar-refractivity contribution in [3.63, 3.8) is 0 Å². The Morgan fingerprint density at radius 2 is 1.57 bits per heavy atom. The van der Waals surface area contributed by atoms with Crippen molar-refractivity contribution in [3.8, 4) is 17.2 Å². The highest BCUT2D eigenvalue weighted by molar-refractivity contribution is 7.22. The number of anilines is 1. The van der Waals surface area contributed by atoms with Gasteiger partial charge in [0, 0.05) is 5.56 Å². The molecule has 0 saturated heterocycles. The van der Waals surface area contributed by atoms with Crippen LogP contribution in [0.5, 0.6) is 17.2 Å². The molecule has 0 spiro atoms. The SMILES string of the molecule is CCOc1cc(C(=O)N(Cc2ccccc2)c2nc3c(F)cccc3s2)cc(OCC)c1OCC. The van der Waals surface area contributed by atoms with Crippen LogP contribution in [-0.2, 0) is 6.54 Å². The van der Waals surface area contributed by atoms with Crippen molar-refractivity contribution in [2.24, 2.45) is 0 Å². The van der Waals surface area contributed by atoms with E-state index in [-0.39, 0.29) is 18.0 Å². The number of carbonyl (C=O) groups excluding carboxylic acids is 1. The number of para-hydroxylation sites is 1. The molecular weight excluding hydrogens is 467 g/mol. The molecule has 0 aliphatic rings. The predicted molar refractivity (Wildman–Crippen MR) is 136 cm³/mol. The van der Waals surface area contributed by atoms with Crippen molar-refractivity contribution in [2.45, 2.75) is 27.3 Å². The highest BCUT2D eigenvalue weighted by Crippen LogP contribution is 2.40. The summed E-state index contributed by atoms with van der Waals surface area (Å²) in [7, 11) is 0. The van der Waals surface area contributed by atoms with Crippen molar-refractivity contribution >= 4 is 32.6 Å². The molecule has 0 N–H and O–H groups in total. The maximum Gasteiger partial charge on any atom is 0.260 e. The fourth-order valence-corrected chi connectivity index (χ4v) is 4.66. The van der Waals surface area contributed by atoms with E-state index in [2.05, 4.69) is 4.98 Å². The average Bonchev–Trinajstić information content (AvgIpc) is 3.30. The molecule has 1 heterocycles. The van der Waals surface area contributed by atoms with Gasteiger partial charge in [-0.25, -0.2) is 9.37 Å². The lowest BCUT2D eigenvalue weighted by Gasteiger charge is -2.22. The van der Waals surface area contributed by atoms with Crippen LogP contribution in [0.25, 0.3) is 10.2 Å². The van der Waals surface area contributed by atoms with E-state index >= 15 is 0 Å². The zero-order valence-corrected chi connectivity index (χ0v) is 20.7. The summed E-state index contributed by atoms with van der Waals surface area (Å²) in [5.74, 6) is 0.593. The number of aromatic nitrogens is 1. The van der Waals surface area contributed by atoms with E-state index in [4.69, 9.17) is 14.2 Å². The lowest BCUT2D eigenvalue weighted by molar-refractivity contribution is 0.0984. The number of rotatable bonds is 10. The molecule has 3 aromatic carbocycles. The fraction of sp³-hybridized carbons (Fsp3) is 0.259. The minimum absolute atomic E-state index is 0.245. The Morgan fingerprint density at radius 3 is 2.17 bits per heavy atom. The van der Waals surface area contributed by atoms with Gasteiger partial charge in [-0.3, -0.25) is 9.69 Å². The Labute approximate surface area is 207 Å². The van der Waals surface area contributed by atoms with Crippen LogP contribution in [0.2, 0.25) is 0 Å². The van der Waals surface area contributed by atoms with Gasteiger partial charge in [-0.15, -0.1) is 0 Å². The van der Waals surface area contributed by atoms with Gasteiger partial charge in [0.05, 0.1) is 31.1 Å². The molecule has 0 radical (unpaired) electrons. The quantitative estimate of drug-likeness (QED) is 0.253. The largest absolute Gasteiger partial charge is 0.490 e. The molecular formula is C27H27FN2O4S. The van der Waals surface area contributed by atoms with Crippen molar-refractivity contribution in [1.29, 1.82) is 0 Å². The van der Waals surface area contributed by atoms with Gasteiger partial charge < -0.3 is 14.2 Å². The summed E-state index contributed by atoms with van der Waals surface area (Å²) in [5.41, 5.74) is 1.52. The first-order valence-corrected chi connectivity index (χ1v) is 12.3. The third-order valence-electron chi connectivity index (χ3n) is 5.17. The molecule has 8 heteroatoms. The van der Waals surface area contributed by atoms with E-state index in [1.807, 2.05) is 51.1 Å². The molecule has 0 atom stereocenters. The van der Waals surface area contributed by atoms with Gasteiger partial charge >= 0.3 is 0 Å². The summed E-state index contributed by atoms with van der Waals surface area (Å²) in [6.07, 6.45) is 0. The smallest absolute Gasteiger partial charge is 0.260 e. The molecule has 0 saturated carbocycles. The number of hydrogen-bond donors (Lipinski definition) is 0. The van der Waals surface area contributed by atoms with Crippen LogP contribution in [0.15, 0.2) is 60.7 Å². The zero-order chi connectivity index (χ0) is 24.8. The highest BCUT2D eigenvalue weighted by Gasteiger charge is 2.26. The Hall–Kier alpha value is -3.65. The van der Waals surface area contributed by atoms with Gasteiger partial charge in [-0.05, 0) is 50.6 Å². The Morgan fingerprint density at radius 1 is 0.914 bits per heavy atom. The normalized spacial score (nSPS) is 10.9. The van der Waals surface area contributed by atoms with Gasteiger partial charge in [0.2, 0.25) is 5.75 Å². The lowest BCUT2D eigenvalue weighted by Crippen LogP contribution is -2.30. The molecule has 35 heavy (non-hydrogen) atoms. The topological polar surface area (TPSA) is 60.9 Å². The number of amides is 1. The van der Waals surface area contributed by atoms with E-state index in [1.165, 1.54) is 17.4 Å². The molecule has 4 aromatic rings. The molecule has 0 bridgehead atoms. The standard InChI is InChI=1S/C27H27FN2O4S/c1-4-32-21-15-19(16-22(33-5-2)25(21)34-6-3)26(31)30(17-18-11-8-7-9-12-18)27-29-24-20(28)13-10-14-23(24)35-27/h7-16H,4-6,17H2,1-3H3. The molecule has 182 valence electrons. The number of ether oxygens (including phenoxy) is 3. The maximum atomic E-state index is 14.4. The van der Waals surface area contributed by atoms with Crippen LogP contribution < -0.4 is 19.1 Å². The molecule has 1 amide bonds. The van der Waals surface area contributed by atoms with Gasteiger partial charge in [0.25, 0.3) is 5.91 Å². The van der Waals surface area contributed by atoms with Crippen LogP contribution in [0.4, 0.5) is 9.52 Å². The van der Waals surface area contributed by atoms with E-state index in [9.17, 15) is 9.18 Å². The highest BCUT2D eigenvalue weighted by atomic mass is 32.1. The molecule has 6 nitrogen and oxygen atoms in total. The second-order valence-electron chi connectivity index (χ2n) is 7.56. The first kappa shape index (κ1) is 24.5. The van der Waals surface area contributed by atoms with Crippen LogP contribution in [0.1, 0.15) is 36.7 Å². The minimum Gasteiger partial charge on any atom is -0.490 e. The Kier molecular flexibility index (Phi) is 7.82. The summed E-state index contributed by atoms with van der Waals surface area (Å²) in [6.45, 7) is 7.08. The number of nitrogens with zero attached hydrogens (tertiary/aromatic N) is 2. The van der Waals surface area contributed by atoms with E-state index in [1.54, 1.807) is 29.2 Å². The number of halogens is 1. The third-order valence-corrected chi connectivity index (χ3v) is 6.22. The van der Waals surface area contributed by atoms with E-state index in [0.29, 0.717) is 52.5 Å². The molecule has 1 aromatic heterocycles. The second-order valence-corrected chi connectivity index (χ2v) is 8.57. The Bertz CT molecular complexity index is 1280. The van der Waals surface area contributed by atoms with Gasteiger partial charge in [-0.1, -0.05) is 47.7 Å². The number of thiazole rings is 1. The monoisotopic (exact) mass is 494 g/mol. The van der Waals surface area contributed by atoms with E-state index in [0.717, 1.165) is 5.56 Å². The summed E-state index contributed by atoms with van der Waals surface area (Å²) in [4.78, 5) is 20.0. The molecule has 0 unspecified atom stereocenters. The van der Waals surface area contributed by atoms with Gasteiger partial charge in [0.15, 0.2) is 16.6 Å². The van der Waals surface area contributed by atoms with Crippen LogP contribution in [0.3, 0.4) is 0 Å². The third kappa shape index (κ3) is 5.38. The predicted octanol–water partition coefficient (Wildman–Crippen LogP) is 6.48. The zero-order valence-electron chi connectivity index (χ0n) is 19.9. The lowest BCUT2D eigenvalue weighted by atomic mass is 10.1.